The van der Waals surface area contributed by atoms with Crippen molar-refractivity contribution >= 4 is 21.9 Å². The fourth-order valence-corrected chi connectivity index (χ4v) is 3.18. The molecular weight excluding hydrogens is 334 g/mol. The molecule has 0 amide bonds. The average Bonchev–Trinajstić information content (AvgIpc) is 2.48. The number of piperidine rings is 1. The second-order valence-electron chi connectivity index (χ2n) is 5.19. The zero-order chi connectivity index (χ0) is 15.2. The van der Waals surface area contributed by atoms with Gasteiger partial charge in [-0.15, -0.1) is 0 Å². The van der Waals surface area contributed by atoms with E-state index in [1.807, 2.05) is 19.1 Å². The van der Waals surface area contributed by atoms with Gasteiger partial charge >= 0.3 is 5.97 Å². The van der Waals surface area contributed by atoms with E-state index in [0.29, 0.717) is 13.2 Å². The fraction of sp³-hybridized carbons (Fsp3) is 0.562. The van der Waals surface area contributed by atoms with Crippen molar-refractivity contribution in [3.63, 3.8) is 0 Å². The van der Waals surface area contributed by atoms with Gasteiger partial charge in [0.25, 0.3) is 0 Å². The van der Waals surface area contributed by atoms with Crippen LogP contribution in [-0.2, 0) is 16.1 Å². The topological polar surface area (TPSA) is 38.8 Å². The molecule has 0 spiro atoms. The molecule has 116 valence electrons. The highest BCUT2D eigenvalue weighted by molar-refractivity contribution is 9.10. The van der Waals surface area contributed by atoms with E-state index in [9.17, 15) is 4.79 Å². The van der Waals surface area contributed by atoms with Gasteiger partial charge in [-0.25, -0.2) is 0 Å². The van der Waals surface area contributed by atoms with Crippen LogP contribution in [-0.4, -0.2) is 37.2 Å². The number of benzene rings is 1. The molecule has 0 aliphatic carbocycles. The van der Waals surface area contributed by atoms with Gasteiger partial charge in [-0.3, -0.25) is 9.69 Å². The molecule has 1 fully saturated rings. The summed E-state index contributed by atoms with van der Waals surface area (Å²) in [7, 11) is 1.67. The van der Waals surface area contributed by atoms with Crippen LogP contribution in [0.3, 0.4) is 0 Å². The Balaban J connectivity index is 2.15. The number of carbonyl (C=O) groups is 1. The van der Waals surface area contributed by atoms with Crippen molar-refractivity contribution in [2.75, 3.05) is 20.3 Å². The van der Waals surface area contributed by atoms with E-state index in [4.69, 9.17) is 9.47 Å². The monoisotopic (exact) mass is 355 g/mol. The molecule has 5 heteroatoms. The molecule has 1 aliphatic rings. The second-order valence-corrected chi connectivity index (χ2v) is 6.11. The van der Waals surface area contributed by atoms with Crippen molar-refractivity contribution in [1.82, 2.24) is 4.90 Å². The molecule has 1 aromatic carbocycles. The Labute approximate surface area is 134 Å². The fourth-order valence-electron chi connectivity index (χ4n) is 2.78. The third-order valence-corrected chi connectivity index (χ3v) is 4.28. The Bertz CT molecular complexity index is 492. The minimum atomic E-state index is -0.137. The predicted molar refractivity (Wildman–Crippen MR) is 85.4 cm³/mol. The number of esters is 1. The summed E-state index contributed by atoms with van der Waals surface area (Å²) in [4.78, 5) is 14.3. The zero-order valence-corrected chi connectivity index (χ0v) is 14.2. The molecule has 1 heterocycles. The van der Waals surface area contributed by atoms with Gasteiger partial charge in [-0.05, 0) is 44.5 Å². The Morgan fingerprint density at radius 3 is 2.95 bits per heavy atom. The molecule has 0 N–H and O–H groups in total. The molecule has 1 atom stereocenters. The number of hydrogen-bond donors (Lipinski definition) is 0. The number of carbonyl (C=O) groups excluding carboxylic acids is 1. The number of halogens is 1. The number of nitrogens with zero attached hydrogens (tertiary/aromatic N) is 1. The summed E-state index contributed by atoms with van der Waals surface area (Å²) in [6.07, 6.45) is 3.07. The van der Waals surface area contributed by atoms with Crippen LogP contribution in [0.15, 0.2) is 22.7 Å². The first-order valence-electron chi connectivity index (χ1n) is 7.38. The van der Waals surface area contributed by atoms with Crippen LogP contribution in [0.1, 0.15) is 31.7 Å². The number of likely N-dealkylation sites (tertiary alicyclic amines) is 1. The number of methoxy groups -OCH3 is 1. The number of rotatable bonds is 5. The smallest absolute Gasteiger partial charge is 0.323 e. The van der Waals surface area contributed by atoms with Gasteiger partial charge in [-0.2, -0.15) is 0 Å². The molecule has 0 aromatic heterocycles. The van der Waals surface area contributed by atoms with Crippen molar-refractivity contribution in [3.8, 4) is 5.75 Å². The summed E-state index contributed by atoms with van der Waals surface area (Å²) in [6.45, 7) is 3.90. The van der Waals surface area contributed by atoms with Gasteiger partial charge in [0.2, 0.25) is 0 Å². The number of ether oxygens (including phenoxy) is 2. The third kappa shape index (κ3) is 4.20. The van der Waals surface area contributed by atoms with Crippen LogP contribution in [0.25, 0.3) is 0 Å². The molecule has 2 rings (SSSR count). The van der Waals surface area contributed by atoms with E-state index in [1.54, 1.807) is 7.11 Å². The lowest BCUT2D eigenvalue weighted by Gasteiger charge is -2.34. The van der Waals surface area contributed by atoms with Gasteiger partial charge in [-0.1, -0.05) is 22.4 Å². The van der Waals surface area contributed by atoms with Gasteiger partial charge < -0.3 is 9.47 Å². The van der Waals surface area contributed by atoms with Crippen LogP contribution in [0.4, 0.5) is 0 Å². The quantitative estimate of drug-likeness (QED) is 0.759. The molecule has 1 aromatic rings. The maximum atomic E-state index is 12.1. The Kier molecular flexibility index (Phi) is 6.06. The van der Waals surface area contributed by atoms with Crippen molar-refractivity contribution < 1.29 is 14.3 Å². The van der Waals surface area contributed by atoms with Crippen LogP contribution in [0.2, 0.25) is 0 Å². The van der Waals surface area contributed by atoms with Gasteiger partial charge in [0.1, 0.15) is 11.8 Å². The molecule has 4 nitrogen and oxygen atoms in total. The summed E-state index contributed by atoms with van der Waals surface area (Å²) in [5.74, 6) is 0.748. The van der Waals surface area contributed by atoms with E-state index < -0.39 is 0 Å². The molecule has 21 heavy (non-hydrogen) atoms. The van der Waals surface area contributed by atoms with Gasteiger partial charge in [0.05, 0.1) is 13.7 Å². The molecule has 1 saturated heterocycles. The minimum absolute atomic E-state index is 0.105. The van der Waals surface area contributed by atoms with E-state index >= 15 is 0 Å². The Morgan fingerprint density at radius 2 is 2.24 bits per heavy atom. The summed E-state index contributed by atoms with van der Waals surface area (Å²) < 4.78 is 11.6. The second kappa shape index (κ2) is 7.80. The standard InChI is InChI=1S/C16H22BrNO3/c1-3-21-16(19)14-6-4-5-9-18(14)11-12-10-13(17)7-8-15(12)20-2/h7-8,10,14H,3-6,9,11H2,1-2H3. The lowest BCUT2D eigenvalue weighted by Crippen LogP contribution is -2.45. The third-order valence-electron chi connectivity index (χ3n) is 3.79. The first kappa shape index (κ1) is 16.3. The first-order chi connectivity index (χ1) is 10.2. The van der Waals surface area contributed by atoms with Crippen LogP contribution < -0.4 is 4.74 Å². The normalized spacial score (nSPS) is 19.3. The maximum absolute atomic E-state index is 12.1. The van der Waals surface area contributed by atoms with Crippen molar-refractivity contribution in [1.29, 1.82) is 0 Å². The van der Waals surface area contributed by atoms with Crippen LogP contribution in [0.5, 0.6) is 5.75 Å². The van der Waals surface area contributed by atoms with Crippen LogP contribution in [0, 0.1) is 0 Å². The van der Waals surface area contributed by atoms with Gasteiger partial charge in [0, 0.05) is 16.6 Å². The highest BCUT2D eigenvalue weighted by Gasteiger charge is 2.30. The Morgan fingerprint density at radius 1 is 1.43 bits per heavy atom. The van der Waals surface area contributed by atoms with Crippen molar-refractivity contribution in [3.05, 3.63) is 28.2 Å². The van der Waals surface area contributed by atoms with Crippen LogP contribution >= 0.6 is 15.9 Å². The van der Waals surface area contributed by atoms with E-state index in [-0.39, 0.29) is 12.0 Å². The van der Waals surface area contributed by atoms with E-state index in [0.717, 1.165) is 41.6 Å². The lowest BCUT2D eigenvalue weighted by atomic mass is 10.0. The first-order valence-corrected chi connectivity index (χ1v) is 8.18. The minimum Gasteiger partial charge on any atom is -0.496 e. The highest BCUT2D eigenvalue weighted by Crippen LogP contribution is 2.27. The van der Waals surface area contributed by atoms with Gasteiger partial charge in [0.15, 0.2) is 0 Å². The molecule has 0 saturated carbocycles. The summed E-state index contributed by atoms with van der Waals surface area (Å²) in [5, 5.41) is 0. The summed E-state index contributed by atoms with van der Waals surface area (Å²) in [6, 6.07) is 5.82. The zero-order valence-electron chi connectivity index (χ0n) is 12.6. The highest BCUT2D eigenvalue weighted by atomic mass is 79.9. The molecule has 0 bridgehead atoms. The Hall–Kier alpha value is -1.07. The van der Waals surface area contributed by atoms with Crippen molar-refractivity contribution in [2.24, 2.45) is 0 Å². The molecule has 1 aliphatic heterocycles. The van der Waals surface area contributed by atoms with Crippen molar-refractivity contribution in [2.45, 2.75) is 38.8 Å². The maximum Gasteiger partial charge on any atom is 0.323 e. The van der Waals surface area contributed by atoms with E-state index in [1.165, 1.54) is 0 Å². The lowest BCUT2D eigenvalue weighted by molar-refractivity contribution is -0.151. The molecular formula is C16H22BrNO3. The SMILES string of the molecule is CCOC(=O)C1CCCCN1Cc1cc(Br)ccc1OC. The molecule has 0 radical (unpaired) electrons. The summed E-state index contributed by atoms with van der Waals surface area (Å²) in [5.41, 5.74) is 1.09. The summed E-state index contributed by atoms with van der Waals surface area (Å²) >= 11 is 3.49. The predicted octanol–water partition coefficient (Wildman–Crippen LogP) is 3.38. The largest absolute Gasteiger partial charge is 0.496 e. The molecule has 1 unspecified atom stereocenters. The average molecular weight is 356 g/mol. The number of hydrogen-bond acceptors (Lipinski definition) is 4. The van der Waals surface area contributed by atoms with E-state index in [2.05, 4.69) is 26.9 Å².